The summed E-state index contributed by atoms with van der Waals surface area (Å²) in [4.78, 5) is 0. The van der Waals surface area contributed by atoms with E-state index >= 15 is 0 Å². The SMILES string of the molecule is CC(O)CS(=O)(=O)c1nnc(NC2CCCCC2)s1. The number of sulfone groups is 1. The van der Waals surface area contributed by atoms with E-state index in [0.29, 0.717) is 11.2 Å². The van der Waals surface area contributed by atoms with Crippen molar-refractivity contribution < 1.29 is 13.5 Å². The van der Waals surface area contributed by atoms with E-state index in [2.05, 4.69) is 15.5 Å². The second-order valence-electron chi connectivity index (χ2n) is 4.98. The van der Waals surface area contributed by atoms with Gasteiger partial charge in [-0.25, -0.2) is 8.42 Å². The fourth-order valence-corrected chi connectivity index (χ4v) is 4.65. The average molecular weight is 305 g/mol. The molecule has 2 N–H and O–H groups in total. The summed E-state index contributed by atoms with van der Waals surface area (Å²) in [5, 5.41) is 20.6. The van der Waals surface area contributed by atoms with Crippen LogP contribution < -0.4 is 5.32 Å². The maximum absolute atomic E-state index is 11.9. The molecule has 1 aromatic rings. The van der Waals surface area contributed by atoms with Crippen molar-refractivity contribution in [3.8, 4) is 0 Å². The van der Waals surface area contributed by atoms with Crippen LogP contribution in [-0.2, 0) is 9.84 Å². The predicted molar refractivity (Wildman–Crippen MR) is 74.1 cm³/mol. The quantitative estimate of drug-likeness (QED) is 0.855. The smallest absolute Gasteiger partial charge is 0.234 e. The lowest BCUT2D eigenvalue weighted by Gasteiger charge is -2.21. The number of anilines is 1. The molecule has 1 aliphatic carbocycles. The van der Waals surface area contributed by atoms with Crippen LogP contribution in [0.5, 0.6) is 0 Å². The van der Waals surface area contributed by atoms with Crippen molar-refractivity contribution >= 4 is 26.3 Å². The highest BCUT2D eigenvalue weighted by atomic mass is 32.2. The van der Waals surface area contributed by atoms with Gasteiger partial charge in [0, 0.05) is 6.04 Å². The van der Waals surface area contributed by atoms with Crippen LogP contribution in [0.1, 0.15) is 39.0 Å². The lowest BCUT2D eigenvalue weighted by molar-refractivity contribution is 0.218. The van der Waals surface area contributed by atoms with Gasteiger partial charge in [-0.3, -0.25) is 0 Å². The zero-order valence-electron chi connectivity index (χ0n) is 10.9. The molecule has 0 radical (unpaired) electrons. The molecule has 0 aromatic carbocycles. The third-order valence-corrected chi connectivity index (χ3v) is 6.26. The highest BCUT2D eigenvalue weighted by Crippen LogP contribution is 2.26. The summed E-state index contributed by atoms with van der Waals surface area (Å²) in [5.74, 6) is -0.314. The average Bonchev–Trinajstić information content (AvgIpc) is 2.78. The van der Waals surface area contributed by atoms with Gasteiger partial charge in [-0.05, 0) is 19.8 Å². The molecule has 6 nitrogen and oxygen atoms in total. The molecule has 1 saturated carbocycles. The Morgan fingerprint density at radius 3 is 2.68 bits per heavy atom. The van der Waals surface area contributed by atoms with E-state index in [1.54, 1.807) is 0 Å². The molecular formula is C11H19N3O3S2. The van der Waals surface area contributed by atoms with Gasteiger partial charge < -0.3 is 10.4 Å². The molecule has 1 heterocycles. The van der Waals surface area contributed by atoms with Crippen LogP contribution in [0.3, 0.4) is 0 Å². The van der Waals surface area contributed by atoms with Gasteiger partial charge in [-0.1, -0.05) is 30.6 Å². The van der Waals surface area contributed by atoms with E-state index in [9.17, 15) is 13.5 Å². The summed E-state index contributed by atoms with van der Waals surface area (Å²) in [7, 11) is -3.52. The largest absolute Gasteiger partial charge is 0.392 e. The van der Waals surface area contributed by atoms with E-state index in [1.165, 1.54) is 26.2 Å². The van der Waals surface area contributed by atoms with Crippen molar-refractivity contribution in [1.82, 2.24) is 10.2 Å². The predicted octanol–water partition coefficient (Wildman–Crippen LogP) is 1.44. The molecule has 1 unspecified atom stereocenters. The van der Waals surface area contributed by atoms with Gasteiger partial charge in [0.2, 0.25) is 19.3 Å². The Kier molecular flexibility index (Phi) is 4.75. The number of hydrogen-bond donors (Lipinski definition) is 2. The maximum Gasteiger partial charge on any atom is 0.234 e. The minimum atomic E-state index is -3.52. The van der Waals surface area contributed by atoms with Crippen LogP contribution in [0.25, 0.3) is 0 Å². The molecule has 0 spiro atoms. The Hall–Kier alpha value is -0.730. The molecule has 8 heteroatoms. The van der Waals surface area contributed by atoms with Gasteiger partial charge in [0.25, 0.3) is 0 Å². The molecule has 1 fully saturated rings. The Bertz CT molecular complexity index is 507. The summed E-state index contributed by atoms with van der Waals surface area (Å²) in [5.41, 5.74) is 0. The van der Waals surface area contributed by atoms with Crippen molar-refractivity contribution in [3.05, 3.63) is 0 Å². The van der Waals surface area contributed by atoms with Crippen LogP contribution in [0.2, 0.25) is 0 Å². The topological polar surface area (TPSA) is 92.2 Å². The molecule has 0 amide bonds. The van der Waals surface area contributed by atoms with Gasteiger partial charge in [0.05, 0.1) is 11.9 Å². The van der Waals surface area contributed by atoms with E-state index in [-0.39, 0.29) is 10.1 Å². The van der Waals surface area contributed by atoms with E-state index in [1.807, 2.05) is 0 Å². The van der Waals surface area contributed by atoms with Crippen LogP contribution in [0, 0.1) is 0 Å². The summed E-state index contributed by atoms with van der Waals surface area (Å²) < 4.78 is 23.7. The van der Waals surface area contributed by atoms with Crippen molar-refractivity contribution in [3.63, 3.8) is 0 Å². The number of nitrogens with one attached hydrogen (secondary N) is 1. The molecule has 0 bridgehead atoms. The van der Waals surface area contributed by atoms with Gasteiger partial charge in [0.1, 0.15) is 0 Å². The number of aromatic nitrogens is 2. The first-order chi connectivity index (χ1) is 8.97. The molecular weight excluding hydrogens is 286 g/mol. The Morgan fingerprint density at radius 2 is 2.05 bits per heavy atom. The van der Waals surface area contributed by atoms with E-state index < -0.39 is 15.9 Å². The Labute approximate surface area is 117 Å². The minimum absolute atomic E-state index is 0.0216. The summed E-state index contributed by atoms with van der Waals surface area (Å²) in [6, 6.07) is 0.369. The van der Waals surface area contributed by atoms with Crippen LogP contribution in [0.15, 0.2) is 4.34 Å². The molecule has 0 aliphatic heterocycles. The zero-order valence-corrected chi connectivity index (χ0v) is 12.5. The van der Waals surface area contributed by atoms with Crippen LogP contribution >= 0.6 is 11.3 Å². The molecule has 1 atom stereocenters. The van der Waals surface area contributed by atoms with Gasteiger partial charge in [0.15, 0.2) is 0 Å². The zero-order chi connectivity index (χ0) is 13.9. The standard InChI is InChI=1S/C11H19N3O3S2/c1-8(15)7-19(16,17)11-14-13-10(18-11)12-9-5-3-2-4-6-9/h8-9,15H,2-7H2,1H3,(H,12,13). The normalized spacial score (nSPS) is 19.3. The molecule has 1 aromatic heterocycles. The highest BCUT2D eigenvalue weighted by molar-refractivity contribution is 7.93. The van der Waals surface area contributed by atoms with Gasteiger partial charge in [-0.2, -0.15) is 0 Å². The number of aliphatic hydroxyl groups excluding tert-OH is 1. The molecule has 108 valence electrons. The number of aliphatic hydroxyl groups is 1. The van der Waals surface area contributed by atoms with E-state index in [4.69, 9.17) is 0 Å². The lowest BCUT2D eigenvalue weighted by Crippen LogP contribution is -2.22. The fourth-order valence-electron chi connectivity index (χ4n) is 2.20. The molecule has 2 rings (SSSR count). The number of rotatable bonds is 5. The van der Waals surface area contributed by atoms with E-state index in [0.717, 1.165) is 24.2 Å². The molecule has 19 heavy (non-hydrogen) atoms. The van der Waals surface area contributed by atoms with Crippen molar-refractivity contribution in [2.45, 2.75) is 55.5 Å². The number of nitrogens with zero attached hydrogens (tertiary/aromatic N) is 2. The minimum Gasteiger partial charge on any atom is -0.392 e. The first-order valence-corrected chi connectivity index (χ1v) is 8.95. The van der Waals surface area contributed by atoms with Gasteiger partial charge in [-0.15, -0.1) is 10.2 Å². The Morgan fingerprint density at radius 1 is 1.37 bits per heavy atom. The second kappa shape index (κ2) is 6.15. The fraction of sp³-hybridized carbons (Fsp3) is 0.818. The van der Waals surface area contributed by atoms with Crippen molar-refractivity contribution in [1.29, 1.82) is 0 Å². The Balaban J connectivity index is 2.02. The lowest BCUT2D eigenvalue weighted by atomic mass is 9.96. The molecule has 1 aliphatic rings. The number of hydrogen-bond acceptors (Lipinski definition) is 7. The van der Waals surface area contributed by atoms with Crippen LogP contribution in [0.4, 0.5) is 5.13 Å². The monoisotopic (exact) mass is 305 g/mol. The third-order valence-electron chi connectivity index (χ3n) is 3.07. The van der Waals surface area contributed by atoms with Crippen LogP contribution in [-0.4, -0.2) is 41.6 Å². The third kappa shape index (κ3) is 4.12. The molecule has 0 saturated heterocycles. The summed E-state index contributed by atoms with van der Waals surface area (Å²) in [6.45, 7) is 1.44. The first-order valence-electron chi connectivity index (χ1n) is 6.48. The first kappa shape index (κ1) is 14.7. The highest BCUT2D eigenvalue weighted by Gasteiger charge is 2.23. The summed E-state index contributed by atoms with van der Waals surface area (Å²) >= 11 is 1.04. The van der Waals surface area contributed by atoms with Crippen molar-refractivity contribution in [2.24, 2.45) is 0 Å². The van der Waals surface area contributed by atoms with Crippen molar-refractivity contribution in [2.75, 3.05) is 11.1 Å². The van der Waals surface area contributed by atoms with Gasteiger partial charge >= 0.3 is 0 Å². The summed E-state index contributed by atoms with van der Waals surface area (Å²) in [6.07, 6.45) is 4.95. The maximum atomic E-state index is 11.9. The second-order valence-corrected chi connectivity index (χ2v) is 8.17.